The lowest BCUT2D eigenvalue weighted by molar-refractivity contribution is -0.0586. The number of morpholine rings is 1. The molecule has 0 aromatic heterocycles. The molecule has 2 unspecified atom stereocenters. The predicted octanol–water partition coefficient (Wildman–Crippen LogP) is 2.86. The van der Waals surface area contributed by atoms with Crippen LogP contribution in [0, 0.1) is 5.92 Å². The number of nitrogens with one attached hydrogen (secondary N) is 2. The molecule has 7 heteroatoms. The van der Waals surface area contributed by atoms with E-state index < -0.39 is 0 Å². The van der Waals surface area contributed by atoms with Gasteiger partial charge in [0.2, 0.25) is 0 Å². The molecule has 3 amide bonds. The van der Waals surface area contributed by atoms with Crippen LogP contribution in [0.5, 0.6) is 0 Å². The lowest BCUT2D eigenvalue weighted by Crippen LogP contribution is -2.48. The zero-order chi connectivity index (χ0) is 22.2. The summed E-state index contributed by atoms with van der Waals surface area (Å²) in [5.41, 5.74) is 1.64. The lowest BCUT2D eigenvalue weighted by atomic mass is 9.99. The van der Waals surface area contributed by atoms with E-state index in [1.165, 1.54) is 25.9 Å². The van der Waals surface area contributed by atoms with E-state index in [0.717, 1.165) is 24.4 Å². The van der Waals surface area contributed by atoms with Crippen LogP contribution < -0.4 is 10.6 Å². The highest BCUT2D eigenvalue weighted by Crippen LogP contribution is 2.16. The van der Waals surface area contributed by atoms with Crippen LogP contribution in [0.15, 0.2) is 24.3 Å². The smallest absolute Gasteiger partial charge is 0.315 e. The highest BCUT2D eigenvalue weighted by Gasteiger charge is 2.26. The second-order valence-corrected chi connectivity index (χ2v) is 9.15. The maximum Gasteiger partial charge on any atom is 0.315 e. The van der Waals surface area contributed by atoms with Gasteiger partial charge < -0.3 is 25.2 Å². The minimum atomic E-state index is -0.149. The van der Waals surface area contributed by atoms with Gasteiger partial charge in [-0.1, -0.05) is 19.1 Å². The fourth-order valence-electron chi connectivity index (χ4n) is 4.33. The van der Waals surface area contributed by atoms with E-state index in [1.54, 1.807) is 0 Å². The number of likely N-dealkylation sites (tertiary alicyclic amines) is 1. The molecule has 0 spiro atoms. The quantitative estimate of drug-likeness (QED) is 0.653. The summed E-state index contributed by atoms with van der Waals surface area (Å²) in [5.74, 6) is 0.876. The molecular formula is C24H38N4O3. The molecule has 1 aromatic carbocycles. The minimum Gasteiger partial charge on any atom is -0.372 e. The third-order valence-corrected chi connectivity index (χ3v) is 6.17. The van der Waals surface area contributed by atoms with Gasteiger partial charge in [-0.05, 0) is 76.4 Å². The van der Waals surface area contributed by atoms with Crippen LogP contribution in [0.4, 0.5) is 4.79 Å². The fraction of sp³-hybridized carbons (Fsp3) is 0.667. The van der Waals surface area contributed by atoms with Gasteiger partial charge in [0, 0.05) is 31.7 Å². The Hall–Kier alpha value is -2.12. The van der Waals surface area contributed by atoms with Crippen molar-refractivity contribution in [2.75, 3.05) is 39.3 Å². The van der Waals surface area contributed by atoms with Gasteiger partial charge in [-0.25, -0.2) is 4.79 Å². The summed E-state index contributed by atoms with van der Waals surface area (Å²) < 4.78 is 5.70. The molecule has 0 aliphatic carbocycles. The molecule has 2 atom stereocenters. The zero-order valence-electron chi connectivity index (χ0n) is 19.2. The van der Waals surface area contributed by atoms with Gasteiger partial charge in [0.05, 0.1) is 12.2 Å². The molecule has 1 aromatic rings. The Bertz CT molecular complexity index is 706. The summed E-state index contributed by atoms with van der Waals surface area (Å²) in [6.07, 6.45) is 3.64. The van der Waals surface area contributed by atoms with E-state index in [0.29, 0.717) is 31.7 Å². The number of hydrogen-bond donors (Lipinski definition) is 2. The van der Waals surface area contributed by atoms with E-state index in [9.17, 15) is 9.59 Å². The first kappa shape index (κ1) is 23.5. The number of hydrogen-bond acceptors (Lipinski definition) is 4. The number of benzene rings is 1. The number of rotatable bonds is 7. The van der Waals surface area contributed by atoms with E-state index in [4.69, 9.17) is 4.74 Å². The van der Waals surface area contributed by atoms with Crippen LogP contribution in [0.25, 0.3) is 0 Å². The second kappa shape index (κ2) is 11.5. The first-order valence-electron chi connectivity index (χ1n) is 11.7. The number of ether oxygens (including phenoxy) is 1. The van der Waals surface area contributed by atoms with E-state index in [1.807, 2.05) is 43.0 Å². The van der Waals surface area contributed by atoms with Crippen molar-refractivity contribution in [3.63, 3.8) is 0 Å². The van der Waals surface area contributed by atoms with Crippen molar-refractivity contribution in [1.29, 1.82) is 0 Å². The Balaban J connectivity index is 1.34. The van der Waals surface area contributed by atoms with Gasteiger partial charge in [-0.15, -0.1) is 0 Å². The number of carbonyl (C=O) groups excluding carboxylic acids is 2. The Kier molecular flexibility index (Phi) is 8.72. The number of urea groups is 1. The average molecular weight is 431 g/mol. The summed E-state index contributed by atoms with van der Waals surface area (Å²) in [6, 6.07) is 7.32. The monoisotopic (exact) mass is 430 g/mol. The van der Waals surface area contributed by atoms with Crippen LogP contribution in [-0.2, 0) is 11.3 Å². The Morgan fingerprint density at radius 2 is 1.65 bits per heavy atom. The molecule has 2 fully saturated rings. The summed E-state index contributed by atoms with van der Waals surface area (Å²) >= 11 is 0. The molecular weight excluding hydrogens is 392 g/mol. The summed E-state index contributed by atoms with van der Waals surface area (Å²) in [5, 5.41) is 5.82. The molecule has 0 radical (unpaired) electrons. The topological polar surface area (TPSA) is 73.9 Å². The Labute approximate surface area is 186 Å². The maximum atomic E-state index is 12.7. The summed E-state index contributed by atoms with van der Waals surface area (Å²) in [6.45, 7) is 12.0. The predicted molar refractivity (Wildman–Crippen MR) is 122 cm³/mol. The van der Waals surface area contributed by atoms with Crippen molar-refractivity contribution in [1.82, 2.24) is 20.4 Å². The van der Waals surface area contributed by atoms with E-state index in [2.05, 4.69) is 22.5 Å². The van der Waals surface area contributed by atoms with Gasteiger partial charge in [-0.3, -0.25) is 4.79 Å². The summed E-state index contributed by atoms with van der Waals surface area (Å²) in [4.78, 5) is 29.1. The van der Waals surface area contributed by atoms with Crippen LogP contribution in [0.1, 0.15) is 56.0 Å². The normalized spacial score (nSPS) is 22.9. The molecule has 2 aliphatic heterocycles. The van der Waals surface area contributed by atoms with Gasteiger partial charge in [0.1, 0.15) is 0 Å². The number of amides is 3. The molecule has 2 N–H and O–H groups in total. The first-order chi connectivity index (χ1) is 14.9. The molecule has 172 valence electrons. The second-order valence-electron chi connectivity index (χ2n) is 9.15. The van der Waals surface area contributed by atoms with Crippen LogP contribution in [-0.4, -0.2) is 73.2 Å². The Morgan fingerprint density at radius 3 is 2.29 bits per heavy atom. The van der Waals surface area contributed by atoms with Crippen molar-refractivity contribution in [3.8, 4) is 0 Å². The summed E-state index contributed by atoms with van der Waals surface area (Å²) in [7, 11) is 0. The number of carbonyl (C=O) groups is 2. The van der Waals surface area contributed by atoms with Crippen molar-refractivity contribution in [2.24, 2.45) is 5.92 Å². The van der Waals surface area contributed by atoms with Crippen molar-refractivity contribution >= 4 is 11.9 Å². The SMILES string of the molecule is CC1CCN(CCCNC(=O)NCc2ccc(C(=O)N3CC(C)OC(C)C3)cc2)CC1. The van der Waals surface area contributed by atoms with Crippen molar-refractivity contribution in [2.45, 2.75) is 58.8 Å². The van der Waals surface area contributed by atoms with Gasteiger partial charge in [0.15, 0.2) is 0 Å². The molecule has 2 aliphatic rings. The molecule has 0 saturated carbocycles. The highest BCUT2D eigenvalue weighted by atomic mass is 16.5. The third-order valence-electron chi connectivity index (χ3n) is 6.17. The standard InChI is InChI=1S/C24H38N4O3/c1-18-9-13-27(14-10-18)12-4-11-25-24(30)26-15-21-5-7-22(8-6-21)23(29)28-16-19(2)31-20(3)17-28/h5-8,18-20H,4,9-17H2,1-3H3,(H2,25,26,30). The van der Waals surface area contributed by atoms with Crippen LogP contribution in [0.2, 0.25) is 0 Å². The average Bonchev–Trinajstić information content (AvgIpc) is 2.76. The van der Waals surface area contributed by atoms with E-state index >= 15 is 0 Å². The number of piperidine rings is 1. The molecule has 0 bridgehead atoms. The van der Waals surface area contributed by atoms with Crippen LogP contribution in [0.3, 0.4) is 0 Å². The van der Waals surface area contributed by atoms with Gasteiger partial charge in [-0.2, -0.15) is 0 Å². The molecule has 2 saturated heterocycles. The van der Waals surface area contributed by atoms with E-state index in [-0.39, 0.29) is 24.1 Å². The molecule has 3 rings (SSSR count). The lowest BCUT2D eigenvalue weighted by Gasteiger charge is -2.35. The highest BCUT2D eigenvalue weighted by molar-refractivity contribution is 5.94. The largest absolute Gasteiger partial charge is 0.372 e. The fourth-order valence-corrected chi connectivity index (χ4v) is 4.33. The van der Waals surface area contributed by atoms with Crippen molar-refractivity contribution in [3.05, 3.63) is 35.4 Å². The van der Waals surface area contributed by atoms with Crippen molar-refractivity contribution < 1.29 is 14.3 Å². The Morgan fingerprint density at radius 1 is 1.00 bits per heavy atom. The van der Waals surface area contributed by atoms with Gasteiger partial charge >= 0.3 is 6.03 Å². The van der Waals surface area contributed by atoms with Crippen LogP contribution >= 0.6 is 0 Å². The minimum absolute atomic E-state index is 0.0300. The number of nitrogens with zero attached hydrogens (tertiary/aromatic N) is 2. The zero-order valence-corrected chi connectivity index (χ0v) is 19.2. The molecule has 2 heterocycles. The third kappa shape index (κ3) is 7.51. The molecule has 31 heavy (non-hydrogen) atoms. The molecule has 7 nitrogen and oxygen atoms in total. The first-order valence-corrected chi connectivity index (χ1v) is 11.7. The maximum absolute atomic E-state index is 12.7. The van der Waals surface area contributed by atoms with Gasteiger partial charge in [0.25, 0.3) is 5.91 Å².